The number of aryl methyl sites for hydroxylation is 2. The van der Waals surface area contributed by atoms with E-state index in [1.165, 1.54) is 17.0 Å². The van der Waals surface area contributed by atoms with Crippen molar-refractivity contribution in [2.75, 3.05) is 30.8 Å². The van der Waals surface area contributed by atoms with Gasteiger partial charge in [0.05, 0.1) is 34.9 Å². The Kier molecular flexibility index (Phi) is 5.41. The number of anilines is 4. The predicted molar refractivity (Wildman–Crippen MR) is 113 cm³/mol. The molecule has 0 fully saturated rings. The number of carbonyl (C=O) groups is 1. The van der Waals surface area contributed by atoms with Gasteiger partial charge in [0.1, 0.15) is 23.7 Å². The number of aromatic nitrogens is 3. The number of rotatable bonds is 4. The molecule has 3 heterocycles. The lowest BCUT2D eigenvalue weighted by molar-refractivity contribution is -0.137. The number of carbonyl (C=O) groups excluding carboxylic acids is 1. The van der Waals surface area contributed by atoms with Crippen LogP contribution in [0.15, 0.2) is 36.7 Å². The molecule has 8 nitrogen and oxygen atoms in total. The highest BCUT2D eigenvalue weighted by Crippen LogP contribution is 2.39. The lowest BCUT2D eigenvalue weighted by Gasteiger charge is -2.19. The van der Waals surface area contributed by atoms with Crippen LogP contribution in [0.25, 0.3) is 0 Å². The van der Waals surface area contributed by atoms with Gasteiger partial charge >= 0.3 is 6.18 Å². The van der Waals surface area contributed by atoms with Crippen LogP contribution >= 0.6 is 0 Å². The van der Waals surface area contributed by atoms with Crippen LogP contribution in [0.2, 0.25) is 0 Å². The zero-order valence-corrected chi connectivity index (χ0v) is 17.6. The summed E-state index contributed by atoms with van der Waals surface area (Å²) in [5, 5.41) is 9.97. The molecule has 0 saturated heterocycles. The van der Waals surface area contributed by atoms with E-state index >= 15 is 0 Å². The molecule has 1 aliphatic rings. The zero-order chi connectivity index (χ0) is 23.0. The standard InChI is InChI=1S/C21H21F3N6O2/c1-12-16(11-30(3)28-12)27-18-9-15(13(10-25-18)21(22,23)24)26-14-5-4-6-17-19(14)20(31)29(2)7-8-32-17/h4-6,9-11H,7-8H2,1-3H3,(H2,25,26,27). The molecule has 11 heteroatoms. The fraction of sp³-hybridized carbons (Fsp3) is 0.286. The molecule has 2 N–H and O–H groups in total. The third-order valence-corrected chi connectivity index (χ3v) is 5.03. The number of alkyl halides is 3. The maximum atomic E-state index is 13.7. The van der Waals surface area contributed by atoms with Crippen LogP contribution in [-0.4, -0.2) is 45.8 Å². The number of hydrogen-bond donors (Lipinski definition) is 2. The molecule has 0 saturated carbocycles. The highest BCUT2D eigenvalue weighted by molar-refractivity contribution is 6.03. The van der Waals surface area contributed by atoms with Crippen molar-refractivity contribution in [3.63, 3.8) is 0 Å². The topological polar surface area (TPSA) is 84.3 Å². The van der Waals surface area contributed by atoms with E-state index in [-0.39, 0.29) is 28.7 Å². The highest BCUT2D eigenvalue weighted by atomic mass is 19.4. The van der Waals surface area contributed by atoms with Crippen molar-refractivity contribution in [1.82, 2.24) is 19.7 Å². The summed E-state index contributed by atoms with van der Waals surface area (Å²) in [6.45, 7) is 2.43. The van der Waals surface area contributed by atoms with E-state index in [1.54, 1.807) is 44.0 Å². The van der Waals surface area contributed by atoms with Gasteiger partial charge in [-0.1, -0.05) is 6.07 Å². The average Bonchev–Trinajstić information content (AvgIpc) is 2.94. The molecule has 1 aromatic carbocycles. The molecule has 1 aliphatic heterocycles. The van der Waals surface area contributed by atoms with Crippen molar-refractivity contribution in [1.29, 1.82) is 0 Å². The lowest BCUT2D eigenvalue weighted by Crippen LogP contribution is -2.28. The van der Waals surface area contributed by atoms with E-state index in [0.29, 0.717) is 30.3 Å². The van der Waals surface area contributed by atoms with Gasteiger partial charge in [-0.05, 0) is 19.1 Å². The predicted octanol–water partition coefficient (Wildman–Crippen LogP) is 4.09. The third-order valence-electron chi connectivity index (χ3n) is 5.03. The summed E-state index contributed by atoms with van der Waals surface area (Å²) in [4.78, 5) is 18.2. The smallest absolute Gasteiger partial charge is 0.419 e. The second kappa shape index (κ2) is 8.06. The number of likely N-dealkylation sites (N-methyl/N-ethyl adjacent to an activating group) is 1. The number of amides is 1. The van der Waals surface area contributed by atoms with Crippen LogP contribution in [0.5, 0.6) is 5.75 Å². The molecular weight excluding hydrogens is 425 g/mol. The lowest BCUT2D eigenvalue weighted by atomic mass is 10.1. The molecule has 4 rings (SSSR count). The molecule has 3 aromatic rings. The minimum Gasteiger partial charge on any atom is -0.491 e. The van der Waals surface area contributed by atoms with Gasteiger partial charge in [-0.25, -0.2) is 4.98 Å². The van der Waals surface area contributed by atoms with Gasteiger partial charge in [-0.15, -0.1) is 0 Å². The van der Waals surface area contributed by atoms with Gasteiger partial charge in [0, 0.05) is 32.6 Å². The molecule has 0 aliphatic carbocycles. The summed E-state index contributed by atoms with van der Waals surface area (Å²) >= 11 is 0. The maximum Gasteiger partial charge on any atom is 0.419 e. The number of hydrogen-bond acceptors (Lipinski definition) is 6. The Hall–Kier alpha value is -3.76. The quantitative estimate of drug-likeness (QED) is 0.628. The van der Waals surface area contributed by atoms with Gasteiger partial charge in [-0.2, -0.15) is 18.3 Å². The molecule has 0 atom stereocenters. The number of ether oxygens (including phenoxy) is 1. The van der Waals surface area contributed by atoms with Crippen LogP contribution in [0, 0.1) is 6.92 Å². The van der Waals surface area contributed by atoms with Crippen molar-refractivity contribution >= 4 is 28.8 Å². The summed E-state index contributed by atoms with van der Waals surface area (Å²) in [5.41, 5.74) is 0.465. The Balaban J connectivity index is 1.76. The van der Waals surface area contributed by atoms with Gasteiger partial charge in [0.2, 0.25) is 0 Å². The van der Waals surface area contributed by atoms with Crippen LogP contribution in [0.1, 0.15) is 21.6 Å². The van der Waals surface area contributed by atoms with E-state index < -0.39 is 11.7 Å². The molecule has 0 unspecified atom stereocenters. The SMILES string of the molecule is Cc1nn(C)cc1Nc1cc(Nc2cccc3c2C(=O)N(C)CCO3)c(C(F)(F)F)cn1. The first kappa shape index (κ1) is 21.5. The van der Waals surface area contributed by atoms with Crippen molar-refractivity contribution in [2.45, 2.75) is 13.1 Å². The average molecular weight is 446 g/mol. The van der Waals surface area contributed by atoms with Crippen molar-refractivity contribution in [3.8, 4) is 5.75 Å². The number of fused-ring (bicyclic) bond motifs is 1. The molecule has 32 heavy (non-hydrogen) atoms. The Morgan fingerprint density at radius 1 is 1.12 bits per heavy atom. The first-order chi connectivity index (χ1) is 15.1. The first-order valence-electron chi connectivity index (χ1n) is 9.76. The summed E-state index contributed by atoms with van der Waals surface area (Å²) in [5.74, 6) is 0.169. The van der Waals surface area contributed by atoms with Crippen molar-refractivity contribution in [3.05, 3.63) is 53.5 Å². The minimum atomic E-state index is -4.65. The van der Waals surface area contributed by atoms with Gasteiger partial charge in [0.25, 0.3) is 5.91 Å². The summed E-state index contributed by atoms with van der Waals surface area (Å²) in [6, 6.07) is 6.03. The van der Waals surface area contributed by atoms with Crippen LogP contribution in [-0.2, 0) is 13.2 Å². The molecule has 0 spiro atoms. The number of nitrogens with one attached hydrogen (secondary N) is 2. The van der Waals surface area contributed by atoms with Crippen LogP contribution < -0.4 is 15.4 Å². The number of nitrogens with zero attached hydrogens (tertiary/aromatic N) is 4. The van der Waals surface area contributed by atoms with Gasteiger partial charge in [0.15, 0.2) is 0 Å². The van der Waals surface area contributed by atoms with Gasteiger partial charge < -0.3 is 20.3 Å². The van der Waals surface area contributed by atoms with Crippen LogP contribution in [0.3, 0.4) is 0 Å². The van der Waals surface area contributed by atoms with Crippen molar-refractivity contribution in [2.24, 2.45) is 7.05 Å². The first-order valence-corrected chi connectivity index (χ1v) is 9.76. The number of pyridine rings is 1. The normalized spacial score (nSPS) is 13.9. The maximum absolute atomic E-state index is 13.7. The molecule has 2 aromatic heterocycles. The number of halogens is 3. The van der Waals surface area contributed by atoms with E-state index in [9.17, 15) is 18.0 Å². The summed E-state index contributed by atoms with van der Waals surface area (Å²) in [7, 11) is 3.35. The monoisotopic (exact) mass is 446 g/mol. The molecule has 0 radical (unpaired) electrons. The van der Waals surface area contributed by atoms with E-state index in [0.717, 1.165) is 6.20 Å². The van der Waals surface area contributed by atoms with Crippen LogP contribution in [0.4, 0.5) is 36.1 Å². The Bertz CT molecular complexity index is 1170. The second-order valence-corrected chi connectivity index (χ2v) is 7.42. The van der Waals surface area contributed by atoms with Crippen molar-refractivity contribution < 1.29 is 22.7 Å². The molecule has 168 valence electrons. The van der Waals surface area contributed by atoms with E-state index in [4.69, 9.17) is 4.74 Å². The van der Waals surface area contributed by atoms with Gasteiger partial charge in [-0.3, -0.25) is 9.48 Å². The zero-order valence-electron chi connectivity index (χ0n) is 17.6. The Labute approximate surface area is 182 Å². The van der Waals surface area contributed by atoms with E-state index in [1.807, 2.05) is 0 Å². The number of benzene rings is 1. The van der Waals surface area contributed by atoms with E-state index in [2.05, 4.69) is 20.7 Å². The molecule has 1 amide bonds. The summed E-state index contributed by atoms with van der Waals surface area (Å²) in [6.07, 6.45) is -2.20. The third kappa shape index (κ3) is 4.18. The fourth-order valence-electron chi connectivity index (χ4n) is 3.42. The highest BCUT2D eigenvalue weighted by Gasteiger charge is 2.35. The Morgan fingerprint density at radius 2 is 1.91 bits per heavy atom. The Morgan fingerprint density at radius 3 is 2.59 bits per heavy atom. The fourth-order valence-corrected chi connectivity index (χ4v) is 3.42. The minimum absolute atomic E-state index is 0.176. The molecule has 0 bridgehead atoms. The second-order valence-electron chi connectivity index (χ2n) is 7.42. The largest absolute Gasteiger partial charge is 0.491 e. The summed E-state index contributed by atoms with van der Waals surface area (Å²) < 4.78 is 48.3. The molecular formula is C21H21F3N6O2.